The summed E-state index contributed by atoms with van der Waals surface area (Å²) in [5.74, 6) is 1.37. The first-order chi connectivity index (χ1) is 10.3. The van der Waals surface area contributed by atoms with E-state index in [9.17, 15) is 18.0 Å². The second-order valence-corrected chi connectivity index (χ2v) is 6.64. The Labute approximate surface area is 127 Å². The van der Waals surface area contributed by atoms with Crippen LogP contribution in [0.25, 0.3) is 0 Å². The van der Waals surface area contributed by atoms with Crippen molar-refractivity contribution >= 4 is 5.91 Å². The number of amides is 1. The van der Waals surface area contributed by atoms with Gasteiger partial charge in [0.15, 0.2) is 5.69 Å². The molecule has 1 amide bonds. The van der Waals surface area contributed by atoms with E-state index >= 15 is 0 Å². The van der Waals surface area contributed by atoms with Crippen molar-refractivity contribution in [3.05, 3.63) is 17.5 Å². The molecule has 3 rings (SSSR count). The Morgan fingerprint density at radius 1 is 1.41 bits per heavy atom. The molecule has 0 aromatic carbocycles. The molecule has 4 atom stereocenters. The van der Waals surface area contributed by atoms with Crippen LogP contribution in [0.3, 0.4) is 0 Å². The van der Waals surface area contributed by atoms with E-state index in [-0.39, 0.29) is 11.7 Å². The maximum atomic E-state index is 12.6. The average Bonchev–Trinajstić information content (AvgIpc) is 3.11. The summed E-state index contributed by atoms with van der Waals surface area (Å²) in [5.41, 5.74) is -1.09. The van der Waals surface area contributed by atoms with Gasteiger partial charge in [-0.25, -0.2) is 0 Å². The van der Waals surface area contributed by atoms with Gasteiger partial charge in [0.25, 0.3) is 5.91 Å². The summed E-state index contributed by atoms with van der Waals surface area (Å²) < 4.78 is 38.9. The standard InChI is InChI=1S/C15H20F3N3O/c1-8(11-6-9-3-4-10(11)5-9)19-14(22)12-7-13(15(16,17)18)20-21(12)2/h7-11H,3-6H2,1-2H3,(H,19,22)/t8-,9-,10-,11-/m1/s1. The van der Waals surface area contributed by atoms with Crippen molar-refractivity contribution in [3.8, 4) is 0 Å². The van der Waals surface area contributed by atoms with E-state index in [0.29, 0.717) is 11.8 Å². The van der Waals surface area contributed by atoms with E-state index in [1.165, 1.54) is 26.3 Å². The van der Waals surface area contributed by atoms with Gasteiger partial charge in [-0.1, -0.05) is 6.42 Å². The van der Waals surface area contributed by atoms with Crippen LogP contribution >= 0.6 is 0 Å². The van der Waals surface area contributed by atoms with Gasteiger partial charge in [0.1, 0.15) is 5.69 Å². The number of hydrogen-bond acceptors (Lipinski definition) is 2. The molecular weight excluding hydrogens is 295 g/mol. The van der Waals surface area contributed by atoms with E-state index < -0.39 is 17.8 Å². The van der Waals surface area contributed by atoms with Crippen molar-refractivity contribution in [2.75, 3.05) is 0 Å². The normalized spacial score (nSPS) is 28.9. The smallest absolute Gasteiger partial charge is 0.348 e. The van der Waals surface area contributed by atoms with E-state index in [2.05, 4.69) is 10.4 Å². The van der Waals surface area contributed by atoms with Crippen molar-refractivity contribution < 1.29 is 18.0 Å². The van der Waals surface area contributed by atoms with Crippen LogP contribution in [0, 0.1) is 17.8 Å². The fourth-order valence-electron chi connectivity index (χ4n) is 4.11. The number of aryl methyl sites for hydroxylation is 1. The molecule has 2 aliphatic carbocycles. The Morgan fingerprint density at radius 3 is 2.64 bits per heavy atom. The van der Waals surface area contributed by atoms with Gasteiger partial charge in [-0.05, 0) is 43.9 Å². The number of alkyl halides is 3. The number of nitrogens with one attached hydrogen (secondary N) is 1. The highest BCUT2D eigenvalue weighted by Crippen LogP contribution is 2.49. The predicted molar refractivity (Wildman–Crippen MR) is 74.1 cm³/mol. The van der Waals surface area contributed by atoms with Crippen LogP contribution in [0.5, 0.6) is 0 Å². The fourth-order valence-corrected chi connectivity index (χ4v) is 4.11. The third-order valence-corrected chi connectivity index (χ3v) is 5.20. The van der Waals surface area contributed by atoms with Crippen molar-refractivity contribution in [2.45, 2.75) is 44.8 Å². The second kappa shape index (κ2) is 5.28. The van der Waals surface area contributed by atoms with Gasteiger partial charge >= 0.3 is 6.18 Å². The van der Waals surface area contributed by atoms with E-state index in [0.717, 1.165) is 23.1 Å². The molecule has 2 aliphatic rings. The number of fused-ring (bicyclic) bond motifs is 2. The first-order valence-electron chi connectivity index (χ1n) is 7.68. The molecule has 1 N–H and O–H groups in total. The zero-order valence-electron chi connectivity index (χ0n) is 12.7. The van der Waals surface area contributed by atoms with Gasteiger partial charge in [0, 0.05) is 19.2 Å². The van der Waals surface area contributed by atoms with Gasteiger partial charge in [-0.2, -0.15) is 18.3 Å². The Kier molecular flexibility index (Phi) is 3.69. The summed E-state index contributed by atoms with van der Waals surface area (Å²) in [6, 6.07) is 0.787. The SMILES string of the molecule is C[C@@H](NC(=O)c1cc(C(F)(F)F)nn1C)[C@H]1C[C@@H]2CC[C@@H]1C2. The lowest BCUT2D eigenvalue weighted by Crippen LogP contribution is -2.40. The number of rotatable bonds is 3. The first-order valence-corrected chi connectivity index (χ1v) is 7.68. The highest BCUT2D eigenvalue weighted by atomic mass is 19.4. The molecule has 0 spiro atoms. The molecule has 2 bridgehead atoms. The molecule has 0 unspecified atom stereocenters. The summed E-state index contributed by atoms with van der Waals surface area (Å²) >= 11 is 0. The molecule has 122 valence electrons. The van der Waals surface area contributed by atoms with Crippen LogP contribution < -0.4 is 5.32 Å². The summed E-state index contributed by atoms with van der Waals surface area (Å²) in [5, 5.41) is 6.24. The Hall–Kier alpha value is -1.53. The molecule has 4 nitrogen and oxygen atoms in total. The highest BCUT2D eigenvalue weighted by Gasteiger charge is 2.42. The molecule has 1 heterocycles. The predicted octanol–water partition coefficient (Wildman–Crippen LogP) is 2.99. The molecule has 1 aromatic rings. The summed E-state index contributed by atoms with van der Waals surface area (Å²) in [6.45, 7) is 1.95. The lowest BCUT2D eigenvalue weighted by atomic mass is 9.84. The molecule has 0 aliphatic heterocycles. The molecule has 2 saturated carbocycles. The van der Waals surface area contributed by atoms with Crippen LogP contribution in [-0.2, 0) is 13.2 Å². The summed E-state index contributed by atoms with van der Waals surface area (Å²) in [7, 11) is 1.35. The molecule has 7 heteroatoms. The molecular formula is C15H20F3N3O. The van der Waals surface area contributed by atoms with E-state index in [1.807, 2.05) is 6.92 Å². The van der Waals surface area contributed by atoms with E-state index in [4.69, 9.17) is 0 Å². The van der Waals surface area contributed by atoms with Crippen LogP contribution in [0.1, 0.15) is 48.8 Å². The van der Waals surface area contributed by atoms with Gasteiger partial charge in [0.2, 0.25) is 0 Å². The van der Waals surface area contributed by atoms with Crippen molar-refractivity contribution in [1.82, 2.24) is 15.1 Å². The molecule has 1 aromatic heterocycles. The number of aromatic nitrogens is 2. The third-order valence-electron chi connectivity index (χ3n) is 5.20. The van der Waals surface area contributed by atoms with Crippen LogP contribution in [0.15, 0.2) is 6.07 Å². The fraction of sp³-hybridized carbons (Fsp3) is 0.733. The molecule has 0 saturated heterocycles. The lowest BCUT2D eigenvalue weighted by Gasteiger charge is -2.28. The van der Waals surface area contributed by atoms with Crippen LogP contribution in [0.4, 0.5) is 13.2 Å². The van der Waals surface area contributed by atoms with Gasteiger partial charge in [-0.3, -0.25) is 9.48 Å². The maximum absolute atomic E-state index is 12.6. The van der Waals surface area contributed by atoms with Crippen molar-refractivity contribution in [2.24, 2.45) is 24.8 Å². The first kappa shape index (κ1) is 15.4. The Bertz CT molecular complexity index is 581. The van der Waals surface area contributed by atoms with Crippen molar-refractivity contribution in [1.29, 1.82) is 0 Å². The second-order valence-electron chi connectivity index (χ2n) is 6.64. The minimum absolute atomic E-state index is 0.0213. The van der Waals surface area contributed by atoms with E-state index in [1.54, 1.807) is 0 Å². The van der Waals surface area contributed by atoms with Gasteiger partial charge in [0.05, 0.1) is 0 Å². The third kappa shape index (κ3) is 2.73. The highest BCUT2D eigenvalue weighted by molar-refractivity contribution is 5.92. The lowest BCUT2D eigenvalue weighted by molar-refractivity contribution is -0.141. The minimum Gasteiger partial charge on any atom is -0.348 e. The largest absolute Gasteiger partial charge is 0.435 e. The molecule has 2 fully saturated rings. The topological polar surface area (TPSA) is 46.9 Å². The minimum atomic E-state index is -4.54. The zero-order chi connectivity index (χ0) is 16.1. The number of nitrogens with zero attached hydrogens (tertiary/aromatic N) is 2. The number of hydrogen-bond donors (Lipinski definition) is 1. The Balaban J connectivity index is 1.68. The number of halogens is 3. The van der Waals surface area contributed by atoms with Crippen LogP contribution in [-0.4, -0.2) is 21.7 Å². The Morgan fingerprint density at radius 2 is 2.14 bits per heavy atom. The number of carbonyl (C=O) groups excluding carboxylic acids is 1. The van der Waals surface area contributed by atoms with Gasteiger partial charge in [-0.15, -0.1) is 0 Å². The van der Waals surface area contributed by atoms with Crippen LogP contribution in [0.2, 0.25) is 0 Å². The maximum Gasteiger partial charge on any atom is 0.435 e. The number of carbonyl (C=O) groups is 1. The quantitative estimate of drug-likeness (QED) is 0.932. The average molecular weight is 315 g/mol. The molecule has 22 heavy (non-hydrogen) atoms. The molecule has 0 radical (unpaired) electrons. The summed E-state index contributed by atoms with van der Waals surface area (Å²) in [4.78, 5) is 12.2. The zero-order valence-corrected chi connectivity index (χ0v) is 12.7. The monoisotopic (exact) mass is 315 g/mol. The summed E-state index contributed by atoms with van der Waals surface area (Å²) in [6.07, 6.45) is 0.296. The van der Waals surface area contributed by atoms with Gasteiger partial charge < -0.3 is 5.32 Å². The van der Waals surface area contributed by atoms with Crippen molar-refractivity contribution in [3.63, 3.8) is 0 Å².